The van der Waals surface area contributed by atoms with Gasteiger partial charge in [-0.3, -0.25) is 9.59 Å². The molecule has 2 fully saturated rings. The Morgan fingerprint density at radius 3 is 2.92 bits per heavy atom. The molecule has 3 N–H and O–H groups in total. The highest BCUT2D eigenvalue weighted by atomic mass is 16.5. The highest BCUT2D eigenvalue weighted by molar-refractivity contribution is 5.98. The van der Waals surface area contributed by atoms with Gasteiger partial charge < -0.3 is 25.4 Å². The Labute approximate surface area is 141 Å². The number of piperidine rings is 1. The van der Waals surface area contributed by atoms with E-state index in [2.05, 4.69) is 10.6 Å². The molecule has 2 atom stereocenters. The molecular formula is C17H23N3O4. The summed E-state index contributed by atoms with van der Waals surface area (Å²) >= 11 is 0. The number of carbonyl (C=O) groups is 2. The zero-order valence-corrected chi connectivity index (χ0v) is 13.7. The number of carbonyl (C=O) groups excluding carboxylic acids is 2. The van der Waals surface area contributed by atoms with Crippen LogP contribution in [0.4, 0.5) is 11.4 Å². The average Bonchev–Trinajstić information content (AvgIpc) is 3.02. The lowest BCUT2D eigenvalue weighted by molar-refractivity contribution is -0.119. The minimum atomic E-state index is -0.488. The third-order valence-corrected chi connectivity index (χ3v) is 4.48. The first kappa shape index (κ1) is 16.7. The molecule has 7 heteroatoms. The van der Waals surface area contributed by atoms with Gasteiger partial charge in [0, 0.05) is 25.2 Å². The van der Waals surface area contributed by atoms with Crippen molar-refractivity contribution in [3.63, 3.8) is 0 Å². The highest BCUT2D eigenvalue weighted by Crippen LogP contribution is 2.33. The molecule has 130 valence electrons. The lowest BCUT2D eigenvalue weighted by Gasteiger charge is -2.28. The van der Waals surface area contributed by atoms with Crippen molar-refractivity contribution >= 4 is 23.2 Å². The Morgan fingerprint density at radius 2 is 2.25 bits per heavy atom. The van der Waals surface area contributed by atoms with Gasteiger partial charge in [-0.2, -0.15) is 0 Å². The van der Waals surface area contributed by atoms with Gasteiger partial charge in [-0.15, -0.1) is 0 Å². The molecule has 0 spiro atoms. The molecule has 2 amide bonds. The van der Waals surface area contributed by atoms with Gasteiger partial charge in [0.2, 0.25) is 11.8 Å². The van der Waals surface area contributed by atoms with Crippen molar-refractivity contribution in [3.05, 3.63) is 18.2 Å². The van der Waals surface area contributed by atoms with Gasteiger partial charge in [0.25, 0.3) is 0 Å². The van der Waals surface area contributed by atoms with Crippen molar-refractivity contribution in [1.29, 1.82) is 0 Å². The molecule has 2 aliphatic heterocycles. The van der Waals surface area contributed by atoms with Crippen LogP contribution in [0.5, 0.6) is 5.75 Å². The number of hydrogen-bond acceptors (Lipinski definition) is 5. The van der Waals surface area contributed by atoms with Crippen molar-refractivity contribution < 1.29 is 19.4 Å². The summed E-state index contributed by atoms with van der Waals surface area (Å²) in [6.45, 7) is 1.08. The topological polar surface area (TPSA) is 90.9 Å². The SMILES string of the molecule is COc1ccc(NC(=O)C2CC(O)CN2)cc1N1CCCCC1=O. The number of methoxy groups -OCH3 is 1. The monoisotopic (exact) mass is 333 g/mol. The summed E-state index contributed by atoms with van der Waals surface area (Å²) in [5.74, 6) is 0.494. The average molecular weight is 333 g/mol. The Kier molecular flexibility index (Phi) is 5.01. The van der Waals surface area contributed by atoms with E-state index in [1.807, 2.05) is 0 Å². The molecule has 2 heterocycles. The van der Waals surface area contributed by atoms with E-state index in [1.165, 1.54) is 0 Å². The number of aliphatic hydroxyl groups is 1. The largest absolute Gasteiger partial charge is 0.495 e. The summed E-state index contributed by atoms with van der Waals surface area (Å²) in [5, 5.41) is 15.3. The van der Waals surface area contributed by atoms with Crippen molar-refractivity contribution in [2.45, 2.75) is 37.8 Å². The van der Waals surface area contributed by atoms with Crippen LogP contribution in [-0.4, -0.2) is 49.3 Å². The Morgan fingerprint density at radius 1 is 1.42 bits per heavy atom. The first-order valence-corrected chi connectivity index (χ1v) is 8.29. The van der Waals surface area contributed by atoms with Crippen LogP contribution in [0.1, 0.15) is 25.7 Å². The van der Waals surface area contributed by atoms with Crippen molar-refractivity contribution in [3.8, 4) is 5.75 Å². The maximum atomic E-state index is 12.3. The molecule has 2 unspecified atom stereocenters. The minimum Gasteiger partial charge on any atom is -0.495 e. The minimum absolute atomic E-state index is 0.0728. The molecule has 0 aromatic heterocycles. The molecule has 7 nitrogen and oxygen atoms in total. The van der Waals surface area contributed by atoms with Crippen LogP contribution < -0.4 is 20.3 Å². The number of nitrogens with zero attached hydrogens (tertiary/aromatic N) is 1. The van der Waals surface area contributed by atoms with Gasteiger partial charge in [-0.05, 0) is 37.5 Å². The van der Waals surface area contributed by atoms with Crippen LogP contribution in [0.3, 0.4) is 0 Å². The number of nitrogens with one attached hydrogen (secondary N) is 2. The summed E-state index contributed by atoms with van der Waals surface area (Å²) in [6.07, 6.45) is 2.31. The molecule has 1 aromatic rings. The maximum absolute atomic E-state index is 12.3. The number of β-amino-alcohol motifs (C(OH)–C–C–N with tert-alkyl or cyclic N) is 1. The van der Waals surface area contributed by atoms with Crippen LogP contribution in [0.15, 0.2) is 18.2 Å². The smallest absolute Gasteiger partial charge is 0.241 e. The lowest BCUT2D eigenvalue weighted by Crippen LogP contribution is -2.36. The van der Waals surface area contributed by atoms with Crippen molar-refractivity contribution in [2.24, 2.45) is 0 Å². The fraction of sp³-hybridized carbons (Fsp3) is 0.529. The second-order valence-corrected chi connectivity index (χ2v) is 6.23. The molecule has 0 radical (unpaired) electrons. The summed E-state index contributed by atoms with van der Waals surface area (Å²) in [4.78, 5) is 26.2. The molecule has 0 saturated carbocycles. The van der Waals surface area contributed by atoms with Gasteiger partial charge in [0.05, 0.1) is 24.9 Å². The second kappa shape index (κ2) is 7.19. The van der Waals surface area contributed by atoms with E-state index in [4.69, 9.17) is 4.74 Å². The van der Waals surface area contributed by atoms with Gasteiger partial charge in [0.15, 0.2) is 0 Å². The van der Waals surface area contributed by atoms with E-state index >= 15 is 0 Å². The van der Waals surface area contributed by atoms with E-state index in [-0.39, 0.29) is 11.8 Å². The van der Waals surface area contributed by atoms with E-state index in [9.17, 15) is 14.7 Å². The van der Waals surface area contributed by atoms with E-state index in [0.29, 0.717) is 43.1 Å². The maximum Gasteiger partial charge on any atom is 0.241 e. The zero-order valence-electron chi connectivity index (χ0n) is 13.7. The lowest BCUT2D eigenvalue weighted by atomic mass is 10.1. The van der Waals surface area contributed by atoms with Gasteiger partial charge in [-0.1, -0.05) is 0 Å². The van der Waals surface area contributed by atoms with E-state index in [0.717, 1.165) is 12.8 Å². The molecular weight excluding hydrogens is 310 g/mol. The number of aliphatic hydroxyl groups excluding tert-OH is 1. The normalized spacial score (nSPS) is 24.1. The van der Waals surface area contributed by atoms with Crippen LogP contribution in [0.25, 0.3) is 0 Å². The Hall–Kier alpha value is -2.12. The molecule has 24 heavy (non-hydrogen) atoms. The summed E-state index contributed by atoms with van der Waals surface area (Å²) < 4.78 is 5.37. The van der Waals surface area contributed by atoms with Crippen LogP contribution in [0, 0.1) is 0 Å². The van der Waals surface area contributed by atoms with Crippen molar-refractivity contribution in [1.82, 2.24) is 5.32 Å². The second-order valence-electron chi connectivity index (χ2n) is 6.23. The summed E-state index contributed by atoms with van der Waals surface area (Å²) in [6, 6.07) is 4.87. The number of amides is 2. The molecule has 0 bridgehead atoms. The molecule has 0 aliphatic carbocycles. The number of hydrogen-bond donors (Lipinski definition) is 3. The third kappa shape index (κ3) is 3.52. The fourth-order valence-corrected chi connectivity index (χ4v) is 3.19. The van der Waals surface area contributed by atoms with Gasteiger partial charge in [0.1, 0.15) is 5.75 Å². The number of rotatable bonds is 4. The fourth-order valence-electron chi connectivity index (χ4n) is 3.19. The zero-order chi connectivity index (χ0) is 17.1. The quantitative estimate of drug-likeness (QED) is 0.761. The first-order valence-electron chi connectivity index (χ1n) is 8.29. The summed E-state index contributed by atoms with van der Waals surface area (Å²) in [5.41, 5.74) is 1.29. The third-order valence-electron chi connectivity index (χ3n) is 4.48. The van der Waals surface area contributed by atoms with E-state index in [1.54, 1.807) is 30.2 Å². The van der Waals surface area contributed by atoms with Crippen LogP contribution in [0.2, 0.25) is 0 Å². The molecule has 2 aliphatic rings. The van der Waals surface area contributed by atoms with Gasteiger partial charge >= 0.3 is 0 Å². The molecule has 2 saturated heterocycles. The first-order chi connectivity index (χ1) is 11.6. The molecule has 1 aromatic carbocycles. The summed E-state index contributed by atoms with van der Waals surface area (Å²) in [7, 11) is 1.56. The predicted molar refractivity (Wildman–Crippen MR) is 90.2 cm³/mol. The highest BCUT2D eigenvalue weighted by Gasteiger charge is 2.28. The predicted octanol–water partition coefficient (Wildman–Crippen LogP) is 0.873. The van der Waals surface area contributed by atoms with Gasteiger partial charge in [-0.25, -0.2) is 0 Å². The molecule has 3 rings (SSSR count). The Bertz CT molecular complexity index is 634. The van der Waals surface area contributed by atoms with Crippen LogP contribution in [-0.2, 0) is 9.59 Å². The van der Waals surface area contributed by atoms with Crippen molar-refractivity contribution in [2.75, 3.05) is 30.4 Å². The number of anilines is 2. The standard InChI is InChI=1S/C17H23N3O4/c1-24-15-6-5-11(19-17(23)13-9-12(21)10-18-13)8-14(15)20-7-3-2-4-16(20)22/h5-6,8,12-13,18,21H,2-4,7,9-10H2,1H3,(H,19,23). The number of benzene rings is 1. The van der Waals surface area contributed by atoms with E-state index < -0.39 is 12.1 Å². The van der Waals surface area contributed by atoms with Crippen LogP contribution >= 0.6 is 0 Å². The Balaban J connectivity index is 1.78. The number of ether oxygens (including phenoxy) is 1.